The zero-order valence-electron chi connectivity index (χ0n) is 15.4. The fraction of sp³-hybridized carbons (Fsp3) is 0.333. The van der Waals surface area contributed by atoms with E-state index in [2.05, 4.69) is 4.74 Å². The molecule has 0 aromatic heterocycles. The van der Waals surface area contributed by atoms with E-state index in [1.54, 1.807) is 34.1 Å². The molecule has 0 radical (unpaired) electrons. The smallest absolute Gasteiger partial charge is 0.387 e. The van der Waals surface area contributed by atoms with Crippen LogP contribution in [0.4, 0.5) is 8.78 Å². The molecule has 5 nitrogen and oxygen atoms in total. The molecule has 148 valence electrons. The van der Waals surface area contributed by atoms with E-state index in [1.807, 2.05) is 18.2 Å². The van der Waals surface area contributed by atoms with Gasteiger partial charge in [-0.3, -0.25) is 9.59 Å². The Kier molecular flexibility index (Phi) is 6.57. The zero-order valence-corrected chi connectivity index (χ0v) is 15.4. The number of hydrogen-bond acceptors (Lipinski definition) is 3. The van der Waals surface area contributed by atoms with Crippen molar-refractivity contribution in [1.29, 1.82) is 0 Å². The third-order valence-electron chi connectivity index (χ3n) is 4.72. The third-order valence-corrected chi connectivity index (χ3v) is 4.72. The normalized spacial score (nSPS) is 14.2. The molecule has 0 saturated carbocycles. The summed E-state index contributed by atoms with van der Waals surface area (Å²) in [6.45, 7) is -0.796. The molecule has 1 saturated heterocycles. The van der Waals surface area contributed by atoms with Crippen LogP contribution in [0.1, 0.15) is 22.3 Å². The molecule has 2 aromatic carbocycles. The van der Waals surface area contributed by atoms with Gasteiger partial charge in [-0.2, -0.15) is 8.78 Å². The summed E-state index contributed by atoms with van der Waals surface area (Å²) in [7, 11) is 0. The average Bonchev–Trinajstić information content (AvgIpc) is 2.73. The van der Waals surface area contributed by atoms with Crippen LogP contribution in [0.2, 0.25) is 0 Å². The minimum absolute atomic E-state index is 0.0150. The largest absolute Gasteiger partial charge is 0.435 e. The van der Waals surface area contributed by atoms with Crippen molar-refractivity contribution in [3.05, 3.63) is 65.7 Å². The first-order chi connectivity index (χ1) is 13.5. The number of carbonyl (C=O) groups is 2. The number of halogens is 2. The van der Waals surface area contributed by atoms with Gasteiger partial charge in [-0.25, -0.2) is 0 Å². The number of nitrogens with zero attached hydrogens (tertiary/aromatic N) is 2. The highest BCUT2D eigenvalue weighted by Crippen LogP contribution is 2.16. The molecule has 2 amide bonds. The van der Waals surface area contributed by atoms with Gasteiger partial charge < -0.3 is 14.5 Å². The van der Waals surface area contributed by atoms with Crippen LogP contribution in [0.15, 0.2) is 54.6 Å². The number of piperazine rings is 1. The second-order valence-electron chi connectivity index (χ2n) is 6.56. The molecule has 1 aliphatic rings. The van der Waals surface area contributed by atoms with Gasteiger partial charge >= 0.3 is 6.61 Å². The molecule has 1 heterocycles. The maximum Gasteiger partial charge on any atom is 0.387 e. The topological polar surface area (TPSA) is 49.9 Å². The van der Waals surface area contributed by atoms with Crippen LogP contribution in [0.25, 0.3) is 0 Å². The van der Waals surface area contributed by atoms with Gasteiger partial charge in [0.15, 0.2) is 0 Å². The summed E-state index contributed by atoms with van der Waals surface area (Å²) in [6.07, 6.45) is 0.860. The Hall–Kier alpha value is -2.96. The number of benzene rings is 2. The Morgan fingerprint density at radius 2 is 1.50 bits per heavy atom. The predicted octanol–water partition coefficient (Wildman–Crippen LogP) is 3.21. The second kappa shape index (κ2) is 9.30. The summed E-state index contributed by atoms with van der Waals surface area (Å²) in [5.41, 5.74) is 1.54. The summed E-state index contributed by atoms with van der Waals surface area (Å²) >= 11 is 0. The van der Waals surface area contributed by atoms with E-state index in [0.717, 1.165) is 5.56 Å². The van der Waals surface area contributed by atoms with E-state index in [9.17, 15) is 18.4 Å². The number of rotatable bonds is 6. The lowest BCUT2D eigenvalue weighted by atomic mass is 10.1. The van der Waals surface area contributed by atoms with Crippen LogP contribution < -0.4 is 4.74 Å². The highest BCUT2D eigenvalue weighted by Gasteiger charge is 2.24. The minimum Gasteiger partial charge on any atom is -0.435 e. The van der Waals surface area contributed by atoms with E-state index < -0.39 is 6.61 Å². The summed E-state index contributed by atoms with van der Waals surface area (Å²) in [6, 6.07) is 15.4. The molecule has 2 aromatic rings. The number of alkyl halides is 2. The third kappa shape index (κ3) is 5.28. The molecule has 0 atom stereocenters. The van der Waals surface area contributed by atoms with Crippen LogP contribution in [0.5, 0.6) is 5.75 Å². The second-order valence-corrected chi connectivity index (χ2v) is 6.56. The molecule has 0 N–H and O–H groups in total. The van der Waals surface area contributed by atoms with Crippen molar-refractivity contribution < 1.29 is 23.1 Å². The van der Waals surface area contributed by atoms with Crippen molar-refractivity contribution in [3.8, 4) is 5.75 Å². The Bertz CT molecular complexity index is 789. The van der Waals surface area contributed by atoms with Gasteiger partial charge in [0, 0.05) is 38.2 Å². The quantitative estimate of drug-likeness (QED) is 0.764. The van der Waals surface area contributed by atoms with Gasteiger partial charge in [-0.15, -0.1) is 0 Å². The monoisotopic (exact) mass is 388 g/mol. The predicted molar refractivity (Wildman–Crippen MR) is 100 cm³/mol. The fourth-order valence-corrected chi connectivity index (χ4v) is 3.17. The van der Waals surface area contributed by atoms with Gasteiger partial charge in [0.2, 0.25) is 5.91 Å². The van der Waals surface area contributed by atoms with Crippen LogP contribution in [-0.4, -0.2) is 54.4 Å². The van der Waals surface area contributed by atoms with E-state index in [-0.39, 0.29) is 17.6 Å². The highest BCUT2D eigenvalue weighted by molar-refractivity contribution is 5.94. The Morgan fingerprint density at radius 1 is 0.893 bits per heavy atom. The molecule has 3 rings (SSSR count). The molecule has 0 aliphatic carbocycles. The molecule has 0 bridgehead atoms. The zero-order chi connectivity index (χ0) is 19.9. The molecule has 0 spiro atoms. The summed E-state index contributed by atoms with van der Waals surface area (Å²) in [5, 5.41) is 0. The van der Waals surface area contributed by atoms with Crippen molar-refractivity contribution in [3.63, 3.8) is 0 Å². The van der Waals surface area contributed by atoms with E-state index >= 15 is 0 Å². The highest BCUT2D eigenvalue weighted by atomic mass is 19.3. The maximum atomic E-state index is 12.4. The van der Waals surface area contributed by atoms with Crippen molar-refractivity contribution >= 4 is 11.8 Å². The van der Waals surface area contributed by atoms with Gasteiger partial charge in [-0.1, -0.05) is 30.3 Å². The molecule has 28 heavy (non-hydrogen) atoms. The fourth-order valence-electron chi connectivity index (χ4n) is 3.17. The van der Waals surface area contributed by atoms with Crippen molar-refractivity contribution in [2.75, 3.05) is 26.2 Å². The maximum absolute atomic E-state index is 12.4. The van der Waals surface area contributed by atoms with Crippen LogP contribution >= 0.6 is 0 Å². The van der Waals surface area contributed by atoms with Crippen molar-refractivity contribution in [2.24, 2.45) is 0 Å². The Labute approximate surface area is 162 Å². The molecule has 7 heteroatoms. The lowest BCUT2D eigenvalue weighted by Crippen LogP contribution is -2.50. The SMILES string of the molecule is O=C(CCc1ccc(OC(F)F)cc1)N1CCN(C(=O)c2ccccc2)CC1. The first kappa shape index (κ1) is 19.8. The lowest BCUT2D eigenvalue weighted by molar-refractivity contribution is -0.132. The van der Waals surface area contributed by atoms with Gasteiger partial charge in [0.05, 0.1) is 0 Å². The minimum atomic E-state index is -2.85. The summed E-state index contributed by atoms with van der Waals surface area (Å²) in [5.74, 6) is 0.114. The molecular weight excluding hydrogens is 366 g/mol. The number of carbonyl (C=O) groups excluding carboxylic acids is 2. The number of ether oxygens (including phenoxy) is 1. The van der Waals surface area contributed by atoms with E-state index in [4.69, 9.17) is 0 Å². The van der Waals surface area contributed by atoms with Gasteiger partial charge in [0.25, 0.3) is 5.91 Å². The molecule has 1 aliphatic heterocycles. The van der Waals surface area contributed by atoms with Gasteiger partial charge in [0.1, 0.15) is 5.75 Å². The van der Waals surface area contributed by atoms with Crippen molar-refractivity contribution in [2.45, 2.75) is 19.5 Å². The summed E-state index contributed by atoms with van der Waals surface area (Å²) < 4.78 is 28.6. The van der Waals surface area contributed by atoms with Gasteiger partial charge in [-0.05, 0) is 36.2 Å². The molecule has 1 fully saturated rings. The molecule has 0 unspecified atom stereocenters. The van der Waals surface area contributed by atoms with Crippen molar-refractivity contribution in [1.82, 2.24) is 9.80 Å². The van der Waals surface area contributed by atoms with Crippen LogP contribution in [0, 0.1) is 0 Å². The number of hydrogen-bond donors (Lipinski definition) is 0. The van der Waals surface area contributed by atoms with E-state index in [0.29, 0.717) is 44.6 Å². The number of amides is 2. The van der Waals surface area contributed by atoms with Crippen LogP contribution in [-0.2, 0) is 11.2 Å². The average molecular weight is 388 g/mol. The van der Waals surface area contributed by atoms with Crippen LogP contribution in [0.3, 0.4) is 0 Å². The number of aryl methyl sites for hydroxylation is 1. The first-order valence-corrected chi connectivity index (χ1v) is 9.19. The van der Waals surface area contributed by atoms with E-state index in [1.165, 1.54) is 12.1 Å². The lowest BCUT2D eigenvalue weighted by Gasteiger charge is -2.35. The summed E-state index contributed by atoms with van der Waals surface area (Å²) in [4.78, 5) is 28.4. The first-order valence-electron chi connectivity index (χ1n) is 9.19. The Morgan fingerprint density at radius 3 is 2.11 bits per heavy atom. The standard InChI is InChI=1S/C21H22F2N2O3/c22-21(23)28-18-9-6-16(7-10-18)8-11-19(26)24-12-14-25(15-13-24)20(27)17-4-2-1-3-5-17/h1-7,9-10,21H,8,11-15H2. The molecular formula is C21H22F2N2O3. The Balaban J connectivity index is 1.44.